The van der Waals surface area contributed by atoms with E-state index in [4.69, 9.17) is 24.7 Å². The summed E-state index contributed by atoms with van der Waals surface area (Å²) in [6.07, 6.45) is -2.58. The van der Waals surface area contributed by atoms with E-state index < -0.39 is 59.6 Å². The van der Waals surface area contributed by atoms with Crippen molar-refractivity contribution >= 4 is 29.2 Å². The summed E-state index contributed by atoms with van der Waals surface area (Å²) < 4.78 is 24.4. The monoisotopic (exact) mass is 501 g/mol. The van der Waals surface area contributed by atoms with Gasteiger partial charge in [0.15, 0.2) is 18.0 Å². The van der Waals surface area contributed by atoms with Crippen LogP contribution in [0.1, 0.15) is 47.2 Å². The van der Waals surface area contributed by atoms with Crippen LogP contribution in [0.25, 0.3) is 5.52 Å². The van der Waals surface area contributed by atoms with Gasteiger partial charge in [-0.25, -0.2) is 9.50 Å². The zero-order chi connectivity index (χ0) is 26.8. The van der Waals surface area contributed by atoms with Crippen molar-refractivity contribution < 1.29 is 33.3 Å². The van der Waals surface area contributed by atoms with Gasteiger partial charge >= 0.3 is 17.9 Å². The number of aromatic nitrogens is 3. The van der Waals surface area contributed by atoms with Crippen molar-refractivity contribution in [2.75, 3.05) is 12.3 Å². The predicted molar refractivity (Wildman–Crippen MR) is 125 cm³/mol. The molecule has 0 amide bonds. The zero-order valence-corrected chi connectivity index (χ0v) is 21.1. The fourth-order valence-electron chi connectivity index (χ4n) is 3.67. The van der Waals surface area contributed by atoms with E-state index in [0.717, 1.165) is 0 Å². The topological polar surface area (TPSA) is 168 Å². The molecule has 2 aromatic heterocycles. The number of ether oxygens (including phenoxy) is 4. The molecule has 0 spiro atoms. The van der Waals surface area contributed by atoms with Crippen LogP contribution in [0.2, 0.25) is 0 Å². The third-order valence-electron chi connectivity index (χ3n) is 5.73. The molecule has 1 aliphatic heterocycles. The number of nitriles is 1. The molecule has 0 radical (unpaired) electrons. The highest BCUT2D eigenvalue weighted by Crippen LogP contribution is 2.44. The first-order chi connectivity index (χ1) is 16.9. The molecular formula is C24H31N5O7. The average Bonchev–Trinajstić information content (AvgIpc) is 3.38. The largest absolute Gasteiger partial charge is 0.463 e. The summed E-state index contributed by atoms with van der Waals surface area (Å²) in [7, 11) is 0. The van der Waals surface area contributed by atoms with E-state index in [9.17, 15) is 19.6 Å². The van der Waals surface area contributed by atoms with Crippen LogP contribution < -0.4 is 5.73 Å². The van der Waals surface area contributed by atoms with Gasteiger partial charge in [-0.3, -0.25) is 14.4 Å². The van der Waals surface area contributed by atoms with Crippen molar-refractivity contribution in [3.63, 3.8) is 0 Å². The lowest BCUT2D eigenvalue weighted by Gasteiger charge is -2.29. The maximum atomic E-state index is 12.8. The molecule has 4 unspecified atom stereocenters. The number of esters is 3. The zero-order valence-electron chi connectivity index (χ0n) is 21.1. The number of hydrogen-bond donors (Lipinski definition) is 1. The van der Waals surface area contributed by atoms with Crippen LogP contribution in [-0.4, -0.2) is 57.4 Å². The Labute approximate surface area is 208 Å². The molecule has 0 saturated carbocycles. The maximum absolute atomic E-state index is 12.8. The van der Waals surface area contributed by atoms with Gasteiger partial charge in [-0.05, 0) is 12.1 Å². The normalized spacial score (nSPS) is 23.7. The Hall–Kier alpha value is -3.72. The Morgan fingerprint density at radius 1 is 1.08 bits per heavy atom. The summed E-state index contributed by atoms with van der Waals surface area (Å²) >= 11 is 0. The summed E-state index contributed by atoms with van der Waals surface area (Å²) in [5.74, 6) is -3.09. The second-order valence-electron chi connectivity index (χ2n) is 9.52. The minimum Gasteiger partial charge on any atom is -0.463 e. The lowest BCUT2D eigenvalue weighted by atomic mass is 9.91. The smallest absolute Gasteiger partial charge is 0.308 e. The summed E-state index contributed by atoms with van der Waals surface area (Å²) in [5.41, 5.74) is 4.56. The second kappa shape index (κ2) is 10.5. The molecule has 36 heavy (non-hydrogen) atoms. The van der Waals surface area contributed by atoms with Crippen molar-refractivity contribution in [1.29, 1.82) is 5.26 Å². The molecule has 2 aromatic rings. The van der Waals surface area contributed by atoms with Crippen molar-refractivity contribution in [2.45, 2.75) is 65.5 Å². The molecule has 194 valence electrons. The summed E-state index contributed by atoms with van der Waals surface area (Å²) in [6, 6.07) is 5.24. The molecule has 0 aliphatic carbocycles. The molecule has 1 fully saturated rings. The Morgan fingerprint density at radius 2 is 1.69 bits per heavy atom. The highest BCUT2D eigenvalue weighted by molar-refractivity contribution is 5.74. The number of nitrogens with two attached hydrogens (primary N) is 1. The van der Waals surface area contributed by atoms with Crippen LogP contribution in [0.3, 0.4) is 0 Å². The Balaban J connectivity index is 2.16. The first-order valence-corrected chi connectivity index (χ1v) is 11.7. The maximum Gasteiger partial charge on any atom is 0.308 e. The highest BCUT2D eigenvalue weighted by atomic mass is 16.7. The predicted octanol–water partition coefficient (Wildman–Crippen LogP) is 1.76. The van der Waals surface area contributed by atoms with Crippen LogP contribution in [0.5, 0.6) is 0 Å². The number of hydrogen-bond acceptors (Lipinski definition) is 11. The van der Waals surface area contributed by atoms with Crippen LogP contribution in [0, 0.1) is 29.1 Å². The van der Waals surface area contributed by atoms with Gasteiger partial charge in [-0.2, -0.15) is 10.4 Å². The molecule has 1 saturated heterocycles. The molecule has 1 aliphatic rings. The van der Waals surface area contributed by atoms with Gasteiger partial charge in [0.1, 0.15) is 30.6 Å². The van der Waals surface area contributed by atoms with Crippen LogP contribution >= 0.6 is 0 Å². The molecule has 12 heteroatoms. The van der Waals surface area contributed by atoms with E-state index in [0.29, 0.717) is 5.52 Å². The van der Waals surface area contributed by atoms with E-state index in [-0.39, 0.29) is 18.1 Å². The van der Waals surface area contributed by atoms with Crippen LogP contribution in [0.15, 0.2) is 18.5 Å². The fourth-order valence-corrected chi connectivity index (χ4v) is 3.67. The Bertz CT molecular complexity index is 1190. The van der Waals surface area contributed by atoms with Gasteiger partial charge in [0.25, 0.3) is 0 Å². The van der Waals surface area contributed by atoms with Crippen molar-refractivity contribution in [2.24, 2.45) is 17.8 Å². The molecule has 3 heterocycles. The van der Waals surface area contributed by atoms with Crippen molar-refractivity contribution in [1.82, 2.24) is 14.6 Å². The fraction of sp³-hybridized carbons (Fsp3) is 0.583. The van der Waals surface area contributed by atoms with E-state index in [2.05, 4.69) is 16.2 Å². The molecular weight excluding hydrogens is 470 g/mol. The van der Waals surface area contributed by atoms with Crippen LogP contribution in [-0.2, 0) is 38.9 Å². The highest BCUT2D eigenvalue weighted by Gasteiger charge is 2.63. The van der Waals surface area contributed by atoms with E-state index in [1.165, 1.54) is 10.8 Å². The lowest BCUT2D eigenvalue weighted by Crippen LogP contribution is -2.47. The van der Waals surface area contributed by atoms with E-state index in [1.54, 1.807) is 53.7 Å². The van der Waals surface area contributed by atoms with Gasteiger partial charge in [0, 0.05) is 0 Å². The summed E-state index contributed by atoms with van der Waals surface area (Å²) in [6.45, 7) is 9.52. The number of fused-ring (bicyclic) bond motifs is 1. The van der Waals surface area contributed by atoms with E-state index >= 15 is 0 Å². The Morgan fingerprint density at radius 3 is 2.28 bits per heavy atom. The second-order valence-corrected chi connectivity index (χ2v) is 9.52. The average molecular weight is 502 g/mol. The third kappa shape index (κ3) is 4.97. The molecule has 0 bridgehead atoms. The minimum atomic E-state index is -1.98. The number of carbonyl (C=O) groups is 3. The van der Waals surface area contributed by atoms with Crippen LogP contribution in [0.4, 0.5) is 5.82 Å². The van der Waals surface area contributed by atoms with E-state index in [1.807, 2.05) is 0 Å². The SMILES string of the molecule is CC(C)C(=O)OCC1OC(C#N)(c2ccc3c(N)ncnn23)C(OC(=O)C(C)C)C1OC(=O)C(C)C. The van der Waals surface area contributed by atoms with Crippen molar-refractivity contribution in [3.05, 3.63) is 24.2 Å². The quantitative estimate of drug-likeness (QED) is 0.413. The van der Waals surface area contributed by atoms with Gasteiger partial charge in [-0.15, -0.1) is 0 Å². The number of anilines is 1. The number of carbonyl (C=O) groups excluding carboxylic acids is 3. The van der Waals surface area contributed by atoms with Gasteiger partial charge in [0.2, 0.25) is 5.60 Å². The number of nitrogen functional groups attached to an aromatic ring is 1. The van der Waals surface area contributed by atoms with Gasteiger partial charge in [0.05, 0.1) is 23.4 Å². The van der Waals surface area contributed by atoms with Crippen molar-refractivity contribution in [3.8, 4) is 6.07 Å². The molecule has 4 atom stereocenters. The molecule has 3 rings (SSSR count). The summed E-state index contributed by atoms with van der Waals surface area (Å²) in [4.78, 5) is 41.5. The standard InChI is InChI=1S/C24H31N5O7/c1-12(2)21(30)33-9-16-18(34-22(31)13(3)4)19(35-23(32)14(5)6)24(10-25,36-16)17-8-7-15-20(26)27-11-28-29(15)17/h7-8,11-14,16,18-19H,9H2,1-6H3,(H2,26,27,28). The van der Waals surface area contributed by atoms with Gasteiger partial charge in [-0.1, -0.05) is 41.5 Å². The Kier molecular flexibility index (Phi) is 7.83. The molecule has 2 N–H and O–H groups in total. The first-order valence-electron chi connectivity index (χ1n) is 11.7. The number of rotatable bonds is 8. The lowest BCUT2D eigenvalue weighted by molar-refractivity contribution is -0.174. The molecule has 12 nitrogen and oxygen atoms in total. The summed E-state index contributed by atoms with van der Waals surface area (Å²) in [5, 5.41) is 14.7. The first kappa shape index (κ1) is 26.9. The minimum absolute atomic E-state index is 0.156. The van der Waals surface area contributed by atoms with Gasteiger partial charge < -0.3 is 24.7 Å². The molecule has 0 aromatic carbocycles. The third-order valence-corrected chi connectivity index (χ3v) is 5.73. The number of nitrogens with zero attached hydrogens (tertiary/aromatic N) is 4.